The van der Waals surface area contributed by atoms with Gasteiger partial charge in [-0.05, 0) is 30.8 Å². The van der Waals surface area contributed by atoms with Crippen molar-refractivity contribution < 1.29 is 5.11 Å². The molecule has 1 fully saturated rings. The molecule has 0 amide bonds. The van der Waals surface area contributed by atoms with Crippen LogP contribution in [0.15, 0.2) is 22.9 Å². The number of β-amino-alcohol motifs (C(OH)–C–C–N with tert-alkyl or cyclic N) is 1. The van der Waals surface area contributed by atoms with Gasteiger partial charge in [-0.15, -0.1) is 22.7 Å². The molecule has 0 unspecified atom stereocenters. The molecule has 96 valence electrons. The molecule has 1 aliphatic rings. The summed E-state index contributed by atoms with van der Waals surface area (Å²) in [5.74, 6) is 0. The van der Waals surface area contributed by atoms with Crippen LogP contribution in [-0.4, -0.2) is 34.2 Å². The van der Waals surface area contributed by atoms with E-state index in [1.807, 2.05) is 0 Å². The molecule has 3 rings (SSSR count). The lowest BCUT2D eigenvalue weighted by Crippen LogP contribution is -2.37. The Hall–Kier alpha value is -0.750. The first-order valence-electron chi connectivity index (χ1n) is 6.20. The van der Waals surface area contributed by atoms with Gasteiger partial charge in [0.2, 0.25) is 0 Å². The first kappa shape index (κ1) is 12.3. The maximum absolute atomic E-state index is 9.66. The van der Waals surface area contributed by atoms with Crippen LogP contribution in [0.5, 0.6) is 0 Å². The van der Waals surface area contributed by atoms with Gasteiger partial charge < -0.3 is 5.11 Å². The molecule has 1 aliphatic heterocycles. The third kappa shape index (κ3) is 2.80. The molecule has 0 saturated carbocycles. The Bertz CT molecular complexity index is 495. The Morgan fingerprint density at radius 3 is 3.17 bits per heavy atom. The topological polar surface area (TPSA) is 36.4 Å². The van der Waals surface area contributed by atoms with E-state index in [0.717, 1.165) is 43.2 Å². The van der Waals surface area contributed by atoms with E-state index in [-0.39, 0.29) is 6.10 Å². The molecule has 0 aromatic carbocycles. The fraction of sp³-hybridized carbons (Fsp3) is 0.462. The fourth-order valence-electron chi connectivity index (χ4n) is 2.30. The first-order valence-corrected chi connectivity index (χ1v) is 7.96. The number of thiophene rings is 1. The third-order valence-electron chi connectivity index (χ3n) is 3.15. The predicted molar refractivity (Wildman–Crippen MR) is 75.9 cm³/mol. The SMILES string of the molecule is O[C@@H]1CCCN(Cc2csc(-c3cccs3)n2)C1. The van der Waals surface area contributed by atoms with E-state index in [9.17, 15) is 5.11 Å². The van der Waals surface area contributed by atoms with Crippen molar-refractivity contribution in [3.63, 3.8) is 0 Å². The van der Waals surface area contributed by atoms with Gasteiger partial charge in [-0.1, -0.05) is 6.07 Å². The summed E-state index contributed by atoms with van der Waals surface area (Å²) in [6.07, 6.45) is 1.87. The van der Waals surface area contributed by atoms with Crippen LogP contribution in [0.1, 0.15) is 18.5 Å². The van der Waals surface area contributed by atoms with E-state index >= 15 is 0 Å². The van der Waals surface area contributed by atoms with E-state index < -0.39 is 0 Å². The van der Waals surface area contributed by atoms with Gasteiger partial charge in [0.25, 0.3) is 0 Å². The molecule has 1 N–H and O–H groups in total. The lowest BCUT2D eigenvalue weighted by atomic mass is 10.1. The summed E-state index contributed by atoms with van der Waals surface area (Å²) in [6, 6.07) is 4.17. The summed E-state index contributed by atoms with van der Waals surface area (Å²) < 4.78 is 0. The van der Waals surface area contributed by atoms with Crippen LogP contribution >= 0.6 is 22.7 Å². The molecule has 0 aliphatic carbocycles. The second kappa shape index (κ2) is 5.48. The molecule has 1 saturated heterocycles. The Labute approximate surface area is 115 Å². The number of aliphatic hydroxyl groups is 1. The van der Waals surface area contributed by atoms with Crippen LogP contribution in [0, 0.1) is 0 Å². The molecular weight excluding hydrogens is 264 g/mol. The number of nitrogens with zero attached hydrogens (tertiary/aromatic N) is 2. The second-order valence-corrected chi connectivity index (χ2v) is 6.46. The summed E-state index contributed by atoms with van der Waals surface area (Å²) in [5, 5.41) is 15.0. The highest BCUT2D eigenvalue weighted by atomic mass is 32.1. The average molecular weight is 280 g/mol. The molecular formula is C13H16N2OS2. The molecule has 1 atom stereocenters. The zero-order valence-electron chi connectivity index (χ0n) is 10.1. The summed E-state index contributed by atoms with van der Waals surface area (Å²) >= 11 is 3.44. The minimum Gasteiger partial charge on any atom is -0.392 e. The average Bonchev–Trinajstić information content (AvgIpc) is 2.98. The molecule has 3 nitrogen and oxygen atoms in total. The monoisotopic (exact) mass is 280 g/mol. The van der Waals surface area contributed by atoms with Crippen LogP contribution in [0.2, 0.25) is 0 Å². The number of aliphatic hydroxyl groups excluding tert-OH is 1. The summed E-state index contributed by atoms with van der Waals surface area (Å²) in [7, 11) is 0. The minimum absolute atomic E-state index is 0.158. The normalized spacial score (nSPS) is 21.3. The van der Waals surface area contributed by atoms with Crippen molar-refractivity contribution in [2.45, 2.75) is 25.5 Å². The van der Waals surface area contributed by atoms with Crippen LogP contribution in [0.25, 0.3) is 9.88 Å². The fourth-order valence-corrected chi connectivity index (χ4v) is 3.92. The van der Waals surface area contributed by atoms with Crippen LogP contribution in [0.4, 0.5) is 0 Å². The standard InChI is InChI=1S/C13H16N2OS2/c16-11-3-1-5-15(8-11)7-10-9-18-13(14-10)12-4-2-6-17-12/h2,4,6,9,11,16H,1,3,5,7-8H2/t11-/m1/s1. The van der Waals surface area contributed by atoms with Crippen molar-refractivity contribution >= 4 is 22.7 Å². The third-order valence-corrected chi connectivity index (χ3v) is 5.08. The Kier molecular flexibility index (Phi) is 3.75. The van der Waals surface area contributed by atoms with E-state index in [1.54, 1.807) is 22.7 Å². The van der Waals surface area contributed by atoms with Gasteiger partial charge >= 0.3 is 0 Å². The smallest absolute Gasteiger partial charge is 0.133 e. The molecule has 0 spiro atoms. The van der Waals surface area contributed by atoms with Gasteiger partial charge in [0.15, 0.2) is 0 Å². The molecule has 0 bridgehead atoms. The van der Waals surface area contributed by atoms with Gasteiger partial charge in [-0.25, -0.2) is 4.98 Å². The molecule has 2 aromatic rings. The number of likely N-dealkylation sites (tertiary alicyclic amines) is 1. The van der Waals surface area contributed by atoms with Gasteiger partial charge in [0.1, 0.15) is 5.01 Å². The Morgan fingerprint density at radius 1 is 1.44 bits per heavy atom. The van der Waals surface area contributed by atoms with Gasteiger partial charge in [0.05, 0.1) is 16.7 Å². The minimum atomic E-state index is -0.158. The Balaban J connectivity index is 1.66. The highest BCUT2D eigenvalue weighted by Crippen LogP contribution is 2.28. The highest BCUT2D eigenvalue weighted by molar-refractivity contribution is 7.20. The van der Waals surface area contributed by atoms with Gasteiger partial charge in [0, 0.05) is 18.5 Å². The highest BCUT2D eigenvalue weighted by Gasteiger charge is 2.18. The first-order chi connectivity index (χ1) is 8.81. The summed E-state index contributed by atoms with van der Waals surface area (Å²) in [4.78, 5) is 8.21. The zero-order valence-corrected chi connectivity index (χ0v) is 11.7. The van der Waals surface area contributed by atoms with Crippen molar-refractivity contribution in [1.29, 1.82) is 0 Å². The molecule has 0 radical (unpaired) electrons. The quantitative estimate of drug-likeness (QED) is 0.939. The predicted octanol–water partition coefficient (Wildman–Crippen LogP) is 2.83. The number of piperidine rings is 1. The molecule has 18 heavy (non-hydrogen) atoms. The van der Waals surface area contributed by atoms with E-state index in [4.69, 9.17) is 0 Å². The summed E-state index contributed by atoms with van der Waals surface area (Å²) in [5.41, 5.74) is 1.12. The van der Waals surface area contributed by atoms with Crippen molar-refractivity contribution in [2.75, 3.05) is 13.1 Å². The summed E-state index contributed by atoms with van der Waals surface area (Å²) in [6.45, 7) is 2.72. The zero-order chi connectivity index (χ0) is 12.4. The number of thiazole rings is 1. The van der Waals surface area contributed by atoms with E-state index in [1.165, 1.54) is 4.88 Å². The maximum Gasteiger partial charge on any atom is 0.133 e. The number of hydrogen-bond acceptors (Lipinski definition) is 5. The van der Waals surface area contributed by atoms with Crippen molar-refractivity contribution in [2.24, 2.45) is 0 Å². The lowest BCUT2D eigenvalue weighted by molar-refractivity contribution is 0.0663. The van der Waals surface area contributed by atoms with Crippen LogP contribution < -0.4 is 0 Å². The molecule has 3 heterocycles. The maximum atomic E-state index is 9.66. The number of rotatable bonds is 3. The Morgan fingerprint density at radius 2 is 2.39 bits per heavy atom. The van der Waals surface area contributed by atoms with Gasteiger partial charge in [-0.3, -0.25) is 4.90 Å². The van der Waals surface area contributed by atoms with Crippen molar-refractivity contribution in [3.8, 4) is 9.88 Å². The molecule has 5 heteroatoms. The van der Waals surface area contributed by atoms with Gasteiger partial charge in [-0.2, -0.15) is 0 Å². The number of aromatic nitrogens is 1. The second-order valence-electron chi connectivity index (χ2n) is 4.65. The molecule has 2 aromatic heterocycles. The van der Waals surface area contributed by atoms with E-state index in [2.05, 4.69) is 32.8 Å². The lowest BCUT2D eigenvalue weighted by Gasteiger charge is -2.29. The van der Waals surface area contributed by atoms with E-state index in [0.29, 0.717) is 0 Å². The number of hydrogen-bond donors (Lipinski definition) is 1. The van der Waals surface area contributed by atoms with Crippen LogP contribution in [-0.2, 0) is 6.54 Å². The van der Waals surface area contributed by atoms with Crippen molar-refractivity contribution in [1.82, 2.24) is 9.88 Å². The largest absolute Gasteiger partial charge is 0.392 e. The van der Waals surface area contributed by atoms with Crippen molar-refractivity contribution in [3.05, 3.63) is 28.6 Å². The van der Waals surface area contributed by atoms with Crippen LogP contribution in [0.3, 0.4) is 0 Å².